The Hall–Kier alpha value is -3.43. The highest BCUT2D eigenvalue weighted by molar-refractivity contribution is 7.97. The normalized spacial score (nSPS) is 11.1. The number of fused-ring (bicyclic) bond motifs is 1. The number of carbonyl (C=O) groups excluding carboxylic acids is 1. The Morgan fingerprint density at radius 3 is 2.66 bits per heavy atom. The van der Waals surface area contributed by atoms with Gasteiger partial charge in [0.15, 0.2) is 0 Å². The number of hydrogen-bond donors (Lipinski definition) is 2. The summed E-state index contributed by atoms with van der Waals surface area (Å²) in [7, 11) is 3.90. The molecule has 0 saturated heterocycles. The minimum Gasteiger partial charge on any atom is -0.326 e. The van der Waals surface area contributed by atoms with E-state index < -0.39 is 0 Å². The summed E-state index contributed by atoms with van der Waals surface area (Å²) in [5, 5.41) is 11.9. The number of anilines is 3. The summed E-state index contributed by atoms with van der Waals surface area (Å²) in [6.07, 6.45) is 2.01. The molecule has 0 aliphatic rings. The molecule has 164 valence electrons. The SMILES string of the molecule is Cc1cc(Nc2ncnc3ccccc23)n(Sc2ccc(NC(=O)CCN(C)C)cc2)n1. The summed E-state index contributed by atoms with van der Waals surface area (Å²) in [5.41, 5.74) is 2.55. The largest absolute Gasteiger partial charge is 0.326 e. The Labute approximate surface area is 191 Å². The standard InChI is InChI=1S/C23H25N7OS/c1-16-14-21(27-23-19-6-4-5-7-20(19)24-15-25-23)30(28-16)32-18-10-8-17(9-11-18)26-22(31)12-13-29(2)3/h4-11,14-15H,12-13H2,1-3H3,(H,26,31)(H,24,25,27). The van der Waals surface area contributed by atoms with Crippen LogP contribution in [0, 0.1) is 6.92 Å². The zero-order chi connectivity index (χ0) is 22.5. The van der Waals surface area contributed by atoms with Crippen molar-refractivity contribution in [2.24, 2.45) is 0 Å². The summed E-state index contributed by atoms with van der Waals surface area (Å²) in [6.45, 7) is 2.67. The van der Waals surface area contributed by atoms with Gasteiger partial charge >= 0.3 is 0 Å². The van der Waals surface area contributed by atoms with Crippen LogP contribution >= 0.6 is 11.9 Å². The van der Waals surface area contributed by atoms with Crippen LogP contribution in [0.3, 0.4) is 0 Å². The Bertz CT molecular complexity index is 1220. The summed E-state index contributed by atoms with van der Waals surface area (Å²) < 4.78 is 1.83. The van der Waals surface area contributed by atoms with Crippen LogP contribution < -0.4 is 10.6 Å². The Balaban J connectivity index is 1.47. The van der Waals surface area contributed by atoms with Crippen LogP contribution in [-0.2, 0) is 4.79 Å². The number of rotatable bonds is 8. The minimum absolute atomic E-state index is 0.00497. The molecule has 2 heterocycles. The Kier molecular flexibility index (Phi) is 6.67. The molecule has 4 aromatic rings. The molecule has 32 heavy (non-hydrogen) atoms. The van der Waals surface area contributed by atoms with Crippen LogP contribution in [0.4, 0.5) is 17.3 Å². The molecule has 9 heteroatoms. The van der Waals surface area contributed by atoms with Crippen molar-refractivity contribution in [3.8, 4) is 0 Å². The van der Waals surface area contributed by atoms with E-state index in [4.69, 9.17) is 0 Å². The van der Waals surface area contributed by atoms with Gasteiger partial charge in [0.25, 0.3) is 0 Å². The van der Waals surface area contributed by atoms with Crippen LogP contribution in [-0.4, -0.2) is 50.6 Å². The molecular weight excluding hydrogens is 422 g/mol. The first-order valence-electron chi connectivity index (χ1n) is 10.2. The van der Waals surface area contributed by atoms with Crippen molar-refractivity contribution in [1.82, 2.24) is 24.1 Å². The first-order valence-corrected chi connectivity index (χ1v) is 11.0. The molecule has 4 rings (SSSR count). The average molecular weight is 448 g/mol. The highest BCUT2D eigenvalue weighted by Gasteiger charge is 2.11. The van der Waals surface area contributed by atoms with Gasteiger partial charge in [0.05, 0.1) is 11.2 Å². The predicted molar refractivity (Wildman–Crippen MR) is 129 cm³/mol. The molecule has 1 amide bonds. The summed E-state index contributed by atoms with van der Waals surface area (Å²) >= 11 is 1.48. The van der Waals surface area contributed by atoms with Crippen molar-refractivity contribution >= 4 is 46.1 Å². The van der Waals surface area contributed by atoms with E-state index in [1.54, 1.807) is 6.33 Å². The fraction of sp³-hybridized carbons (Fsp3) is 0.217. The number of nitrogens with one attached hydrogen (secondary N) is 2. The fourth-order valence-electron chi connectivity index (χ4n) is 3.11. The van der Waals surface area contributed by atoms with E-state index in [1.807, 2.05) is 84.6 Å². The van der Waals surface area contributed by atoms with Crippen molar-refractivity contribution in [2.75, 3.05) is 31.3 Å². The average Bonchev–Trinajstić information content (AvgIpc) is 3.12. The van der Waals surface area contributed by atoms with E-state index in [0.29, 0.717) is 6.42 Å². The summed E-state index contributed by atoms with van der Waals surface area (Å²) in [4.78, 5) is 23.7. The molecule has 2 aromatic heterocycles. The zero-order valence-electron chi connectivity index (χ0n) is 18.2. The number of para-hydroxylation sites is 1. The molecular formula is C23H25N7OS. The smallest absolute Gasteiger partial charge is 0.225 e. The minimum atomic E-state index is 0.00497. The predicted octanol–water partition coefficient (Wildman–Crippen LogP) is 4.32. The van der Waals surface area contributed by atoms with Gasteiger partial charge in [-0.2, -0.15) is 9.19 Å². The second-order valence-electron chi connectivity index (χ2n) is 7.63. The second-order valence-corrected chi connectivity index (χ2v) is 8.63. The number of aryl methyl sites for hydroxylation is 1. The third-order valence-electron chi connectivity index (χ3n) is 4.71. The van der Waals surface area contributed by atoms with Crippen molar-refractivity contribution in [1.29, 1.82) is 0 Å². The van der Waals surface area contributed by atoms with Crippen LogP contribution in [0.15, 0.2) is 65.8 Å². The maximum Gasteiger partial charge on any atom is 0.225 e. The molecule has 0 aliphatic heterocycles. The fourth-order valence-corrected chi connectivity index (χ4v) is 3.93. The van der Waals surface area contributed by atoms with Gasteiger partial charge in [-0.05, 0) is 57.4 Å². The molecule has 0 bridgehead atoms. The number of aromatic nitrogens is 4. The number of nitrogens with zero attached hydrogens (tertiary/aromatic N) is 5. The highest BCUT2D eigenvalue weighted by Crippen LogP contribution is 2.29. The van der Waals surface area contributed by atoms with Gasteiger partial charge < -0.3 is 15.5 Å². The van der Waals surface area contributed by atoms with E-state index in [1.165, 1.54) is 11.9 Å². The molecule has 8 nitrogen and oxygen atoms in total. The lowest BCUT2D eigenvalue weighted by Gasteiger charge is -2.11. The quantitative estimate of drug-likeness (QED) is 0.416. The first kappa shape index (κ1) is 21.8. The van der Waals surface area contributed by atoms with Crippen LogP contribution in [0.5, 0.6) is 0 Å². The van der Waals surface area contributed by atoms with Crippen molar-refractivity contribution in [3.63, 3.8) is 0 Å². The molecule has 0 saturated carbocycles. The lowest BCUT2D eigenvalue weighted by atomic mass is 10.2. The topological polar surface area (TPSA) is 88.0 Å². The van der Waals surface area contributed by atoms with Crippen LogP contribution in [0.2, 0.25) is 0 Å². The summed E-state index contributed by atoms with van der Waals surface area (Å²) in [6, 6.07) is 17.6. The Morgan fingerprint density at radius 1 is 1.09 bits per heavy atom. The molecule has 0 fully saturated rings. The van der Waals surface area contributed by atoms with Crippen molar-refractivity contribution in [2.45, 2.75) is 18.2 Å². The zero-order valence-corrected chi connectivity index (χ0v) is 19.1. The number of benzene rings is 2. The monoisotopic (exact) mass is 447 g/mol. The third kappa shape index (κ3) is 5.43. The molecule has 0 unspecified atom stereocenters. The lowest BCUT2D eigenvalue weighted by Crippen LogP contribution is -2.20. The number of amides is 1. The molecule has 0 aliphatic carbocycles. The third-order valence-corrected chi connectivity index (χ3v) is 5.64. The maximum absolute atomic E-state index is 12.0. The molecule has 0 radical (unpaired) electrons. The molecule has 2 N–H and O–H groups in total. The van der Waals surface area contributed by atoms with Gasteiger partial charge in [0.1, 0.15) is 18.0 Å². The second kappa shape index (κ2) is 9.80. The van der Waals surface area contributed by atoms with Gasteiger partial charge in [-0.25, -0.2) is 9.97 Å². The maximum atomic E-state index is 12.0. The van der Waals surface area contributed by atoms with Gasteiger partial charge in [-0.15, -0.1) is 0 Å². The van der Waals surface area contributed by atoms with E-state index in [2.05, 4.69) is 25.7 Å². The van der Waals surface area contributed by atoms with Gasteiger partial charge in [0, 0.05) is 46.9 Å². The Morgan fingerprint density at radius 2 is 1.88 bits per heavy atom. The van der Waals surface area contributed by atoms with Crippen molar-refractivity contribution < 1.29 is 4.79 Å². The van der Waals surface area contributed by atoms with Gasteiger partial charge in [-0.3, -0.25) is 4.79 Å². The lowest BCUT2D eigenvalue weighted by molar-refractivity contribution is -0.116. The summed E-state index contributed by atoms with van der Waals surface area (Å²) in [5.74, 6) is 1.55. The molecule has 0 spiro atoms. The van der Waals surface area contributed by atoms with E-state index in [0.717, 1.165) is 45.4 Å². The van der Waals surface area contributed by atoms with Crippen LogP contribution in [0.25, 0.3) is 10.9 Å². The van der Waals surface area contributed by atoms with Gasteiger partial charge in [-0.1, -0.05) is 12.1 Å². The van der Waals surface area contributed by atoms with Gasteiger partial charge in [0.2, 0.25) is 5.91 Å². The molecule has 2 aromatic carbocycles. The van der Waals surface area contributed by atoms with E-state index in [-0.39, 0.29) is 5.91 Å². The van der Waals surface area contributed by atoms with Crippen LogP contribution in [0.1, 0.15) is 12.1 Å². The van der Waals surface area contributed by atoms with E-state index >= 15 is 0 Å². The number of hydrogen-bond acceptors (Lipinski definition) is 7. The number of carbonyl (C=O) groups is 1. The molecule has 0 atom stereocenters. The van der Waals surface area contributed by atoms with E-state index in [9.17, 15) is 4.79 Å². The highest BCUT2D eigenvalue weighted by atomic mass is 32.2. The van der Waals surface area contributed by atoms with Crippen molar-refractivity contribution in [3.05, 3.63) is 66.6 Å². The first-order chi connectivity index (χ1) is 15.5.